The summed E-state index contributed by atoms with van der Waals surface area (Å²) in [5.74, 6) is 0. The maximum atomic E-state index is 4.56. The average Bonchev–Trinajstić information content (AvgIpc) is 3.06. The van der Waals surface area contributed by atoms with Crippen LogP contribution >= 0.6 is 11.3 Å². The van der Waals surface area contributed by atoms with E-state index in [1.54, 1.807) is 22.2 Å². The Morgan fingerprint density at radius 3 is 2.90 bits per heavy atom. The Hall–Kier alpha value is -2.02. The molecule has 3 heterocycles. The number of nitrogens with zero attached hydrogens (tertiary/aromatic N) is 5. The molecule has 7 heteroatoms. The van der Waals surface area contributed by atoms with Gasteiger partial charge < -0.3 is 5.32 Å². The topological polar surface area (TPSA) is 68.0 Å². The quantitative estimate of drug-likeness (QED) is 0.784. The van der Waals surface area contributed by atoms with Gasteiger partial charge in [-0.05, 0) is 26.3 Å². The summed E-state index contributed by atoms with van der Waals surface area (Å²) in [5, 5.41) is 17.1. The minimum Gasteiger partial charge on any atom is -0.381 e. The Morgan fingerprint density at radius 1 is 1.33 bits per heavy atom. The van der Waals surface area contributed by atoms with Crippen LogP contribution in [0.25, 0.3) is 5.65 Å². The Kier molecular flexibility index (Phi) is 3.83. The number of anilines is 1. The van der Waals surface area contributed by atoms with Gasteiger partial charge in [-0.15, -0.1) is 21.5 Å². The van der Waals surface area contributed by atoms with Gasteiger partial charge in [0.1, 0.15) is 6.33 Å². The van der Waals surface area contributed by atoms with Crippen LogP contribution in [0, 0.1) is 13.8 Å². The normalized spacial score (nSPS) is 11.2. The number of fused-ring (bicyclic) bond motifs is 1. The van der Waals surface area contributed by atoms with Gasteiger partial charge in [0, 0.05) is 17.8 Å². The van der Waals surface area contributed by atoms with Crippen LogP contribution in [0.3, 0.4) is 0 Å². The van der Waals surface area contributed by atoms with Crippen molar-refractivity contribution in [2.75, 3.05) is 11.9 Å². The van der Waals surface area contributed by atoms with Gasteiger partial charge >= 0.3 is 0 Å². The highest BCUT2D eigenvalue weighted by Crippen LogP contribution is 2.18. The van der Waals surface area contributed by atoms with Crippen LogP contribution in [0.2, 0.25) is 0 Å². The van der Waals surface area contributed by atoms with E-state index in [0.717, 1.165) is 42.1 Å². The summed E-state index contributed by atoms with van der Waals surface area (Å²) in [7, 11) is 0. The molecule has 0 unspecified atom stereocenters. The molecule has 21 heavy (non-hydrogen) atoms. The Bertz CT molecular complexity index is 741. The molecule has 6 nitrogen and oxygen atoms in total. The third-order valence-corrected chi connectivity index (χ3v) is 4.54. The first kappa shape index (κ1) is 13.9. The van der Waals surface area contributed by atoms with Crippen LogP contribution in [0.4, 0.5) is 5.69 Å². The number of thiazole rings is 1. The van der Waals surface area contributed by atoms with E-state index in [4.69, 9.17) is 0 Å². The molecule has 0 bridgehead atoms. The van der Waals surface area contributed by atoms with Crippen molar-refractivity contribution in [2.45, 2.75) is 33.6 Å². The highest BCUT2D eigenvalue weighted by Gasteiger charge is 2.08. The third-order valence-electron chi connectivity index (χ3n) is 3.41. The zero-order valence-corrected chi connectivity index (χ0v) is 13.2. The van der Waals surface area contributed by atoms with Gasteiger partial charge in [-0.25, -0.2) is 4.98 Å². The first-order chi connectivity index (χ1) is 10.2. The van der Waals surface area contributed by atoms with Gasteiger partial charge in [0.25, 0.3) is 0 Å². The molecule has 0 amide bonds. The third kappa shape index (κ3) is 2.87. The lowest BCUT2D eigenvalue weighted by molar-refractivity contribution is 0.855. The lowest BCUT2D eigenvalue weighted by atomic mass is 10.3. The molecule has 0 saturated carbocycles. The number of nitrogens with one attached hydrogen (secondary N) is 1. The fourth-order valence-corrected chi connectivity index (χ4v) is 3.07. The standard InChI is InChI=1S/C14H18N6S/c1-4-11-7-12(14-18-16-8-20(14)19-11)15-6-5-13-17-9(2)10(3)21-13/h7-8,15H,4-6H2,1-3H3. The van der Waals surface area contributed by atoms with Crippen molar-refractivity contribution in [3.05, 3.63) is 33.7 Å². The minimum absolute atomic E-state index is 0.763. The Balaban J connectivity index is 1.74. The number of rotatable bonds is 5. The summed E-state index contributed by atoms with van der Waals surface area (Å²) in [6.07, 6.45) is 3.42. The maximum absolute atomic E-state index is 4.56. The number of aromatic nitrogens is 5. The lowest BCUT2D eigenvalue weighted by Gasteiger charge is -2.07. The number of aryl methyl sites for hydroxylation is 3. The van der Waals surface area contributed by atoms with Gasteiger partial charge in [-0.2, -0.15) is 9.61 Å². The molecule has 3 aromatic heterocycles. The molecule has 0 radical (unpaired) electrons. The zero-order valence-electron chi connectivity index (χ0n) is 12.4. The van der Waals surface area contributed by atoms with Crippen LogP contribution < -0.4 is 5.32 Å². The first-order valence-corrected chi connectivity index (χ1v) is 7.85. The van der Waals surface area contributed by atoms with Crippen molar-refractivity contribution < 1.29 is 0 Å². The van der Waals surface area contributed by atoms with Crippen LogP contribution in [0.1, 0.15) is 28.2 Å². The molecule has 110 valence electrons. The monoisotopic (exact) mass is 302 g/mol. The summed E-state index contributed by atoms with van der Waals surface area (Å²) in [5.41, 5.74) is 3.89. The molecule has 3 rings (SSSR count). The van der Waals surface area contributed by atoms with E-state index in [0.29, 0.717) is 0 Å². The second kappa shape index (κ2) is 5.77. The molecule has 0 aliphatic rings. The van der Waals surface area contributed by atoms with E-state index in [9.17, 15) is 0 Å². The van der Waals surface area contributed by atoms with Gasteiger partial charge in [-0.3, -0.25) is 0 Å². The lowest BCUT2D eigenvalue weighted by Crippen LogP contribution is -2.08. The summed E-state index contributed by atoms with van der Waals surface area (Å²) < 4.78 is 1.72. The maximum Gasteiger partial charge on any atom is 0.200 e. The first-order valence-electron chi connectivity index (χ1n) is 7.04. The van der Waals surface area contributed by atoms with E-state index in [1.807, 2.05) is 6.07 Å². The molecular weight excluding hydrogens is 284 g/mol. The SMILES string of the molecule is CCc1cc(NCCc2nc(C)c(C)s2)c2nncn2n1. The summed E-state index contributed by atoms with van der Waals surface area (Å²) in [6, 6.07) is 2.04. The van der Waals surface area contributed by atoms with Crippen LogP contribution in [-0.2, 0) is 12.8 Å². The summed E-state index contributed by atoms with van der Waals surface area (Å²) in [4.78, 5) is 5.85. The van der Waals surface area contributed by atoms with Gasteiger partial charge in [0.05, 0.1) is 22.1 Å². The van der Waals surface area contributed by atoms with Crippen molar-refractivity contribution in [1.29, 1.82) is 0 Å². The van der Waals surface area contributed by atoms with Crippen molar-refractivity contribution in [2.24, 2.45) is 0 Å². The fourth-order valence-electron chi connectivity index (χ4n) is 2.13. The second-order valence-corrected chi connectivity index (χ2v) is 6.22. The molecule has 0 fully saturated rings. The number of hydrogen-bond donors (Lipinski definition) is 1. The van der Waals surface area contributed by atoms with Gasteiger partial charge in [0.15, 0.2) is 0 Å². The van der Waals surface area contributed by atoms with E-state index in [-0.39, 0.29) is 0 Å². The summed E-state index contributed by atoms with van der Waals surface area (Å²) in [6.45, 7) is 7.07. The molecular formula is C14H18N6S. The van der Waals surface area contributed by atoms with Crippen molar-refractivity contribution in [1.82, 2.24) is 24.8 Å². The van der Waals surface area contributed by atoms with Gasteiger partial charge in [-0.1, -0.05) is 6.92 Å². The predicted molar refractivity (Wildman–Crippen MR) is 83.9 cm³/mol. The molecule has 1 N–H and O–H groups in total. The predicted octanol–water partition coefficient (Wildman–Crippen LogP) is 2.41. The van der Waals surface area contributed by atoms with E-state index in [1.165, 1.54) is 9.88 Å². The van der Waals surface area contributed by atoms with E-state index >= 15 is 0 Å². The molecule has 0 aliphatic heterocycles. The Labute approximate surface area is 127 Å². The molecule has 0 atom stereocenters. The minimum atomic E-state index is 0.763. The molecule has 0 saturated heterocycles. The number of hydrogen-bond acceptors (Lipinski definition) is 6. The van der Waals surface area contributed by atoms with Crippen molar-refractivity contribution in [3.63, 3.8) is 0 Å². The average molecular weight is 302 g/mol. The smallest absolute Gasteiger partial charge is 0.200 e. The van der Waals surface area contributed by atoms with Crippen molar-refractivity contribution in [3.8, 4) is 0 Å². The van der Waals surface area contributed by atoms with Gasteiger partial charge in [0.2, 0.25) is 5.65 Å². The van der Waals surface area contributed by atoms with E-state index in [2.05, 4.69) is 46.4 Å². The van der Waals surface area contributed by atoms with Crippen LogP contribution in [0.15, 0.2) is 12.4 Å². The second-order valence-electron chi connectivity index (χ2n) is 4.93. The highest BCUT2D eigenvalue weighted by molar-refractivity contribution is 7.11. The largest absolute Gasteiger partial charge is 0.381 e. The molecule has 0 aliphatic carbocycles. The fraction of sp³-hybridized carbons (Fsp3) is 0.429. The van der Waals surface area contributed by atoms with Crippen LogP contribution in [0.5, 0.6) is 0 Å². The van der Waals surface area contributed by atoms with Crippen LogP contribution in [-0.4, -0.2) is 31.3 Å². The molecule has 0 spiro atoms. The van der Waals surface area contributed by atoms with E-state index < -0.39 is 0 Å². The zero-order chi connectivity index (χ0) is 14.8. The molecule has 0 aromatic carbocycles. The van der Waals surface area contributed by atoms with Crippen molar-refractivity contribution >= 4 is 22.7 Å². The summed E-state index contributed by atoms with van der Waals surface area (Å²) >= 11 is 1.77. The Morgan fingerprint density at radius 2 is 2.19 bits per heavy atom. The highest BCUT2D eigenvalue weighted by atomic mass is 32.1. The molecule has 3 aromatic rings.